The summed E-state index contributed by atoms with van der Waals surface area (Å²) in [6.45, 7) is 5.52. The second kappa shape index (κ2) is 11.4. The number of piperidine rings is 1. The van der Waals surface area contributed by atoms with Crippen molar-refractivity contribution >= 4 is 24.1 Å². The van der Waals surface area contributed by atoms with Crippen molar-refractivity contribution in [3.8, 4) is 5.75 Å². The van der Waals surface area contributed by atoms with Gasteiger partial charge in [0.15, 0.2) is 0 Å². The number of fused-ring (bicyclic) bond motifs is 3. The summed E-state index contributed by atoms with van der Waals surface area (Å²) in [5.74, 6) is 0.703. The van der Waals surface area contributed by atoms with E-state index in [2.05, 4.69) is 6.08 Å². The van der Waals surface area contributed by atoms with Gasteiger partial charge in [-0.15, -0.1) is 0 Å². The lowest BCUT2D eigenvalue weighted by Crippen LogP contribution is -2.50. The maximum Gasteiger partial charge on any atom is 0.242 e. The van der Waals surface area contributed by atoms with Crippen molar-refractivity contribution in [2.45, 2.75) is 26.3 Å². The molecule has 3 heterocycles. The van der Waals surface area contributed by atoms with E-state index in [1.54, 1.807) is 9.80 Å². The zero-order chi connectivity index (χ0) is 24.8. The molecule has 0 aliphatic carbocycles. The fourth-order valence-electron chi connectivity index (χ4n) is 5.05. The SMILES string of the molecule is CC(=O)N1CC(=O)N2CC[C@@H](CC(=O)N3CCN(C=O)CC3)[C@@H](/C=C\COc3ccccc3C1)C2. The molecule has 2 bridgehead atoms. The first kappa shape index (κ1) is 24.8. The minimum absolute atomic E-state index is 0.0186. The number of carbonyl (C=O) groups is 4. The molecular weight excluding hydrogens is 448 g/mol. The summed E-state index contributed by atoms with van der Waals surface area (Å²) < 4.78 is 5.99. The lowest BCUT2D eigenvalue weighted by atomic mass is 9.82. The van der Waals surface area contributed by atoms with Crippen LogP contribution in [0.25, 0.3) is 0 Å². The van der Waals surface area contributed by atoms with Crippen LogP contribution in [0, 0.1) is 11.8 Å². The summed E-state index contributed by atoms with van der Waals surface area (Å²) in [5.41, 5.74) is 0.860. The molecule has 2 atom stereocenters. The number of carbonyl (C=O) groups excluding carboxylic acids is 4. The molecule has 1 aromatic rings. The molecule has 4 rings (SSSR count). The van der Waals surface area contributed by atoms with Gasteiger partial charge >= 0.3 is 0 Å². The molecule has 188 valence electrons. The minimum Gasteiger partial charge on any atom is -0.489 e. The van der Waals surface area contributed by atoms with Crippen LogP contribution in [0.2, 0.25) is 0 Å². The van der Waals surface area contributed by atoms with Crippen LogP contribution in [-0.4, -0.2) is 96.2 Å². The molecule has 35 heavy (non-hydrogen) atoms. The van der Waals surface area contributed by atoms with Gasteiger partial charge in [-0.3, -0.25) is 19.2 Å². The topological polar surface area (TPSA) is 90.5 Å². The Morgan fingerprint density at radius 1 is 1.06 bits per heavy atom. The molecular formula is C26H34N4O5. The van der Waals surface area contributed by atoms with Gasteiger partial charge in [-0.2, -0.15) is 0 Å². The first-order valence-electron chi connectivity index (χ1n) is 12.3. The van der Waals surface area contributed by atoms with Gasteiger partial charge in [-0.05, 0) is 24.3 Å². The zero-order valence-electron chi connectivity index (χ0n) is 20.3. The third-order valence-electron chi connectivity index (χ3n) is 7.24. The molecule has 0 spiro atoms. The van der Waals surface area contributed by atoms with Crippen molar-refractivity contribution in [2.24, 2.45) is 11.8 Å². The van der Waals surface area contributed by atoms with E-state index in [-0.39, 0.29) is 36.1 Å². The quantitative estimate of drug-likeness (QED) is 0.476. The largest absolute Gasteiger partial charge is 0.489 e. The molecule has 0 aromatic heterocycles. The van der Waals surface area contributed by atoms with Crippen molar-refractivity contribution in [1.82, 2.24) is 19.6 Å². The Balaban J connectivity index is 1.48. The zero-order valence-corrected chi connectivity index (χ0v) is 20.3. The third kappa shape index (κ3) is 6.21. The standard InChI is InChI=1S/C26H34N4O5/c1-20(32)30-17-23-5-2-3-7-24(23)35-14-4-6-22-16-29(26(34)18-30)9-8-21(22)15-25(33)28-12-10-27(19-31)11-13-28/h2-7,19,21-22H,8-18H2,1H3/b6-4-/t21-,22-/m0/s1. The molecule has 3 aliphatic heterocycles. The van der Waals surface area contributed by atoms with Crippen molar-refractivity contribution < 1.29 is 23.9 Å². The smallest absolute Gasteiger partial charge is 0.242 e. The predicted octanol–water partition coefficient (Wildman–Crippen LogP) is 1.14. The number of hydrogen-bond acceptors (Lipinski definition) is 5. The van der Waals surface area contributed by atoms with Crippen molar-refractivity contribution in [3.05, 3.63) is 42.0 Å². The molecule has 1 aromatic carbocycles. The summed E-state index contributed by atoms with van der Waals surface area (Å²) >= 11 is 0. The Labute approximate surface area is 206 Å². The van der Waals surface area contributed by atoms with Crippen molar-refractivity contribution in [1.29, 1.82) is 0 Å². The number of hydrogen-bond donors (Lipinski definition) is 0. The van der Waals surface area contributed by atoms with Crippen molar-refractivity contribution in [3.63, 3.8) is 0 Å². The number of nitrogens with zero attached hydrogens (tertiary/aromatic N) is 4. The Hall–Kier alpha value is -3.36. The minimum atomic E-state index is -0.159. The fourth-order valence-corrected chi connectivity index (χ4v) is 5.05. The molecule has 9 nitrogen and oxygen atoms in total. The van der Waals surface area contributed by atoms with Crippen LogP contribution in [0.5, 0.6) is 5.75 Å². The van der Waals surface area contributed by atoms with E-state index in [9.17, 15) is 19.2 Å². The van der Waals surface area contributed by atoms with Gasteiger partial charge in [-0.1, -0.05) is 30.4 Å². The van der Waals surface area contributed by atoms with Crippen LogP contribution in [0.3, 0.4) is 0 Å². The average molecular weight is 483 g/mol. The summed E-state index contributed by atoms with van der Waals surface area (Å²) in [5, 5.41) is 0. The first-order chi connectivity index (χ1) is 16.9. The predicted molar refractivity (Wildman–Crippen MR) is 129 cm³/mol. The molecule has 0 saturated carbocycles. The fraction of sp³-hybridized carbons (Fsp3) is 0.538. The van der Waals surface area contributed by atoms with Crippen LogP contribution in [-0.2, 0) is 25.7 Å². The number of ether oxygens (including phenoxy) is 1. The first-order valence-corrected chi connectivity index (χ1v) is 12.3. The lowest BCUT2D eigenvalue weighted by molar-refractivity contribution is -0.142. The number of benzene rings is 1. The van der Waals surface area contributed by atoms with E-state index in [1.165, 1.54) is 6.92 Å². The van der Waals surface area contributed by atoms with Gasteiger partial charge in [0, 0.05) is 64.7 Å². The van der Waals surface area contributed by atoms with E-state index < -0.39 is 0 Å². The number of rotatable bonds is 3. The van der Waals surface area contributed by atoms with Crippen LogP contribution in [0.4, 0.5) is 0 Å². The number of amides is 4. The molecule has 0 unspecified atom stereocenters. The molecule has 2 saturated heterocycles. The van der Waals surface area contributed by atoms with E-state index >= 15 is 0 Å². The Kier molecular flexibility index (Phi) is 8.05. The van der Waals surface area contributed by atoms with Crippen LogP contribution < -0.4 is 4.74 Å². The molecule has 2 fully saturated rings. The van der Waals surface area contributed by atoms with Gasteiger partial charge in [0.05, 0.1) is 0 Å². The highest BCUT2D eigenvalue weighted by Crippen LogP contribution is 2.29. The van der Waals surface area contributed by atoms with Crippen LogP contribution in [0.1, 0.15) is 25.3 Å². The maximum absolute atomic E-state index is 13.2. The highest BCUT2D eigenvalue weighted by atomic mass is 16.5. The Morgan fingerprint density at radius 2 is 1.83 bits per heavy atom. The maximum atomic E-state index is 13.2. The molecule has 3 aliphatic rings. The van der Waals surface area contributed by atoms with E-state index in [0.29, 0.717) is 64.6 Å². The van der Waals surface area contributed by atoms with Crippen LogP contribution >= 0.6 is 0 Å². The summed E-state index contributed by atoms with van der Waals surface area (Å²) in [7, 11) is 0. The monoisotopic (exact) mass is 482 g/mol. The second-order valence-electron chi connectivity index (χ2n) is 9.50. The summed E-state index contributed by atoms with van der Waals surface area (Å²) in [6, 6.07) is 7.57. The highest BCUT2D eigenvalue weighted by molar-refractivity contribution is 5.84. The Morgan fingerprint density at radius 3 is 2.57 bits per heavy atom. The van der Waals surface area contributed by atoms with E-state index in [0.717, 1.165) is 18.4 Å². The highest BCUT2D eigenvalue weighted by Gasteiger charge is 2.33. The van der Waals surface area contributed by atoms with Crippen LogP contribution in [0.15, 0.2) is 36.4 Å². The summed E-state index contributed by atoms with van der Waals surface area (Å²) in [6.07, 6.45) is 6.02. The van der Waals surface area contributed by atoms with Gasteiger partial charge in [0.1, 0.15) is 18.9 Å². The number of para-hydroxylation sites is 1. The summed E-state index contributed by atoms with van der Waals surface area (Å²) in [4.78, 5) is 56.3. The molecule has 9 heteroatoms. The lowest BCUT2D eigenvalue weighted by Gasteiger charge is -2.39. The molecule has 4 amide bonds. The third-order valence-corrected chi connectivity index (χ3v) is 7.24. The van der Waals surface area contributed by atoms with E-state index in [1.807, 2.05) is 40.1 Å². The van der Waals surface area contributed by atoms with Crippen molar-refractivity contribution in [2.75, 3.05) is 52.4 Å². The van der Waals surface area contributed by atoms with Gasteiger partial charge in [-0.25, -0.2) is 0 Å². The molecule has 0 radical (unpaired) electrons. The normalized spacial score (nSPS) is 24.3. The van der Waals surface area contributed by atoms with Gasteiger partial charge in [0.2, 0.25) is 24.1 Å². The second-order valence-corrected chi connectivity index (χ2v) is 9.50. The van der Waals surface area contributed by atoms with E-state index in [4.69, 9.17) is 4.74 Å². The number of piperazine rings is 1. The van der Waals surface area contributed by atoms with Gasteiger partial charge in [0.25, 0.3) is 0 Å². The Bertz CT molecular complexity index is 972. The molecule has 0 N–H and O–H groups in total. The van der Waals surface area contributed by atoms with Gasteiger partial charge < -0.3 is 24.3 Å². The average Bonchev–Trinajstić information content (AvgIpc) is 2.88.